The molecule has 0 radical (unpaired) electrons. The Morgan fingerprint density at radius 2 is 1.91 bits per heavy atom. The number of carbonyl (C=O) groups excluding carboxylic acids is 1. The Morgan fingerprint density at radius 3 is 2.59 bits per heavy atom. The number of hydrogen-bond donors (Lipinski definition) is 1. The molecule has 0 saturated carbocycles. The maximum Gasteiger partial charge on any atom is 0.261 e. The highest BCUT2D eigenvalue weighted by Crippen LogP contribution is 2.32. The number of amides is 1. The molecule has 0 atom stereocenters. The molecule has 1 heterocycles. The van der Waals surface area contributed by atoms with E-state index < -0.39 is 0 Å². The lowest BCUT2D eigenvalue weighted by molar-refractivity contribution is 0.0952. The van der Waals surface area contributed by atoms with Gasteiger partial charge < -0.3 is 10.2 Å². The standard InChI is InChI=1S/C18H26N2OS/c1-4-9-15-14-10-7-8-11-16(14)22-17(15)18(21)19-12-13-20(5-2)6-3/h7-8,10-11H,4-6,9,12-13H2,1-3H3,(H,19,21). The largest absolute Gasteiger partial charge is 0.350 e. The lowest BCUT2D eigenvalue weighted by Crippen LogP contribution is -2.34. The van der Waals surface area contributed by atoms with E-state index in [0.29, 0.717) is 6.54 Å². The minimum absolute atomic E-state index is 0.0804. The highest BCUT2D eigenvalue weighted by Gasteiger charge is 2.17. The number of benzene rings is 1. The molecule has 0 bridgehead atoms. The predicted octanol–water partition coefficient (Wildman–Crippen LogP) is 3.93. The second-order valence-corrected chi connectivity index (χ2v) is 6.49. The maximum atomic E-state index is 12.5. The summed E-state index contributed by atoms with van der Waals surface area (Å²) in [6, 6.07) is 8.32. The van der Waals surface area contributed by atoms with Gasteiger partial charge in [-0.3, -0.25) is 4.79 Å². The Bertz CT molecular complexity index is 617. The molecule has 2 rings (SSSR count). The molecule has 0 spiro atoms. The lowest BCUT2D eigenvalue weighted by Gasteiger charge is -2.17. The van der Waals surface area contributed by atoms with Crippen LogP contribution in [0.15, 0.2) is 24.3 Å². The summed E-state index contributed by atoms with van der Waals surface area (Å²) in [5.74, 6) is 0.0804. The van der Waals surface area contributed by atoms with E-state index in [2.05, 4.69) is 49.2 Å². The second-order valence-electron chi connectivity index (χ2n) is 5.44. The van der Waals surface area contributed by atoms with Gasteiger partial charge in [0.2, 0.25) is 0 Å². The number of likely N-dealkylation sites (N-methyl/N-ethyl adjacent to an activating group) is 1. The number of carbonyl (C=O) groups is 1. The molecular formula is C18H26N2OS. The molecule has 1 aromatic heterocycles. The summed E-state index contributed by atoms with van der Waals surface area (Å²) in [5.41, 5.74) is 1.21. The Balaban J connectivity index is 2.12. The van der Waals surface area contributed by atoms with E-state index in [0.717, 1.165) is 37.4 Å². The van der Waals surface area contributed by atoms with Crippen LogP contribution in [0.5, 0.6) is 0 Å². The second kappa shape index (κ2) is 8.30. The van der Waals surface area contributed by atoms with Crippen molar-refractivity contribution in [2.24, 2.45) is 0 Å². The summed E-state index contributed by atoms with van der Waals surface area (Å²) < 4.78 is 1.21. The van der Waals surface area contributed by atoms with Crippen molar-refractivity contribution in [2.45, 2.75) is 33.6 Å². The SMILES string of the molecule is CCCc1c(C(=O)NCCN(CC)CC)sc2ccccc12. The lowest BCUT2D eigenvalue weighted by atomic mass is 10.1. The van der Waals surface area contributed by atoms with E-state index in [9.17, 15) is 4.79 Å². The van der Waals surface area contributed by atoms with Crippen LogP contribution in [0.3, 0.4) is 0 Å². The number of rotatable bonds is 8. The Morgan fingerprint density at radius 1 is 1.18 bits per heavy atom. The third kappa shape index (κ3) is 3.87. The van der Waals surface area contributed by atoms with Crippen molar-refractivity contribution in [1.29, 1.82) is 0 Å². The number of nitrogens with one attached hydrogen (secondary N) is 1. The first-order valence-corrected chi connectivity index (χ1v) is 9.03. The van der Waals surface area contributed by atoms with Gasteiger partial charge in [-0.1, -0.05) is 45.4 Å². The molecule has 0 unspecified atom stereocenters. The van der Waals surface area contributed by atoms with E-state index in [4.69, 9.17) is 0 Å². The molecule has 1 N–H and O–H groups in total. The molecule has 120 valence electrons. The van der Waals surface area contributed by atoms with Crippen molar-refractivity contribution < 1.29 is 4.79 Å². The highest BCUT2D eigenvalue weighted by molar-refractivity contribution is 7.21. The van der Waals surface area contributed by atoms with Gasteiger partial charge >= 0.3 is 0 Å². The Kier molecular flexibility index (Phi) is 6.40. The fraction of sp³-hybridized carbons (Fsp3) is 0.500. The van der Waals surface area contributed by atoms with E-state index in [1.807, 2.05) is 6.07 Å². The fourth-order valence-corrected chi connectivity index (χ4v) is 3.90. The van der Waals surface area contributed by atoms with Crippen LogP contribution >= 0.6 is 11.3 Å². The first kappa shape index (κ1) is 17.0. The summed E-state index contributed by atoms with van der Waals surface area (Å²) in [6.45, 7) is 10.1. The first-order valence-electron chi connectivity index (χ1n) is 8.22. The molecule has 22 heavy (non-hydrogen) atoms. The van der Waals surface area contributed by atoms with Gasteiger partial charge in [-0.15, -0.1) is 11.3 Å². The van der Waals surface area contributed by atoms with E-state index in [1.54, 1.807) is 11.3 Å². The molecule has 0 aliphatic carbocycles. The molecular weight excluding hydrogens is 292 g/mol. The van der Waals surface area contributed by atoms with E-state index in [-0.39, 0.29) is 5.91 Å². The van der Waals surface area contributed by atoms with Gasteiger partial charge in [0.1, 0.15) is 0 Å². The molecule has 0 aliphatic heterocycles. The number of hydrogen-bond acceptors (Lipinski definition) is 3. The van der Waals surface area contributed by atoms with Gasteiger partial charge in [0, 0.05) is 17.8 Å². The van der Waals surface area contributed by atoms with Gasteiger partial charge in [-0.2, -0.15) is 0 Å². The van der Waals surface area contributed by atoms with Crippen molar-refractivity contribution in [3.63, 3.8) is 0 Å². The maximum absolute atomic E-state index is 12.5. The van der Waals surface area contributed by atoms with Crippen LogP contribution in [0, 0.1) is 0 Å². The van der Waals surface area contributed by atoms with Gasteiger partial charge in [0.05, 0.1) is 4.88 Å². The van der Waals surface area contributed by atoms with Gasteiger partial charge in [0.25, 0.3) is 5.91 Å². The van der Waals surface area contributed by atoms with Crippen molar-refractivity contribution in [3.8, 4) is 0 Å². The first-order chi connectivity index (χ1) is 10.7. The number of aryl methyl sites for hydroxylation is 1. The predicted molar refractivity (Wildman–Crippen MR) is 95.9 cm³/mol. The van der Waals surface area contributed by atoms with Crippen LogP contribution in [-0.4, -0.2) is 37.0 Å². The summed E-state index contributed by atoms with van der Waals surface area (Å²) in [7, 11) is 0. The van der Waals surface area contributed by atoms with Gasteiger partial charge in [0.15, 0.2) is 0 Å². The van der Waals surface area contributed by atoms with Crippen LogP contribution < -0.4 is 5.32 Å². The van der Waals surface area contributed by atoms with Crippen LogP contribution in [0.25, 0.3) is 10.1 Å². The molecule has 1 aromatic carbocycles. The molecule has 0 fully saturated rings. The highest BCUT2D eigenvalue weighted by atomic mass is 32.1. The minimum atomic E-state index is 0.0804. The Labute approximate surface area is 137 Å². The number of thiophene rings is 1. The molecule has 0 saturated heterocycles. The summed E-state index contributed by atoms with van der Waals surface area (Å²) in [4.78, 5) is 15.8. The van der Waals surface area contributed by atoms with Gasteiger partial charge in [-0.05, 0) is 36.5 Å². The van der Waals surface area contributed by atoms with Gasteiger partial charge in [-0.25, -0.2) is 0 Å². The average molecular weight is 318 g/mol. The molecule has 0 aliphatic rings. The zero-order valence-corrected chi connectivity index (χ0v) is 14.6. The van der Waals surface area contributed by atoms with Crippen LogP contribution in [-0.2, 0) is 6.42 Å². The third-order valence-corrected chi connectivity index (χ3v) is 5.22. The van der Waals surface area contributed by atoms with Crippen molar-refractivity contribution >= 4 is 27.3 Å². The minimum Gasteiger partial charge on any atom is -0.350 e. The molecule has 2 aromatic rings. The Hall–Kier alpha value is -1.39. The van der Waals surface area contributed by atoms with Crippen molar-refractivity contribution in [2.75, 3.05) is 26.2 Å². The summed E-state index contributed by atoms with van der Waals surface area (Å²) in [6.07, 6.45) is 2.02. The van der Waals surface area contributed by atoms with E-state index >= 15 is 0 Å². The normalized spacial score (nSPS) is 11.3. The molecule has 3 nitrogen and oxygen atoms in total. The number of nitrogens with zero attached hydrogens (tertiary/aromatic N) is 1. The monoisotopic (exact) mass is 318 g/mol. The smallest absolute Gasteiger partial charge is 0.261 e. The summed E-state index contributed by atoms with van der Waals surface area (Å²) in [5, 5.41) is 4.33. The topological polar surface area (TPSA) is 32.3 Å². The number of fused-ring (bicyclic) bond motifs is 1. The van der Waals surface area contributed by atoms with Crippen molar-refractivity contribution in [1.82, 2.24) is 10.2 Å². The zero-order chi connectivity index (χ0) is 15.9. The average Bonchev–Trinajstić information content (AvgIpc) is 2.91. The van der Waals surface area contributed by atoms with Crippen molar-refractivity contribution in [3.05, 3.63) is 34.7 Å². The zero-order valence-electron chi connectivity index (χ0n) is 13.8. The van der Waals surface area contributed by atoms with Crippen LogP contribution in [0.2, 0.25) is 0 Å². The van der Waals surface area contributed by atoms with Crippen LogP contribution in [0.1, 0.15) is 42.4 Å². The quantitative estimate of drug-likeness (QED) is 0.800. The summed E-state index contributed by atoms with van der Waals surface area (Å²) >= 11 is 1.62. The third-order valence-electron chi connectivity index (χ3n) is 4.01. The molecule has 1 amide bonds. The van der Waals surface area contributed by atoms with E-state index in [1.165, 1.54) is 15.6 Å². The fourth-order valence-electron chi connectivity index (χ4n) is 2.73. The molecule has 4 heteroatoms. The van der Waals surface area contributed by atoms with Crippen LogP contribution in [0.4, 0.5) is 0 Å².